The fraction of sp³-hybridized carbons (Fsp3) is 0. The zero-order valence-corrected chi connectivity index (χ0v) is 5.82. The molecule has 54 valence electrons. The van der Waals surface area contributed by atoms with Crippen LogP contribution in [0.25, 0.3) is 0 Å². The van der Waals surface area contributed by atoms with Crippen molar-refractivity contribution < 1.29 is 4.79 Å². The number of rotatable bonds is 2. The SMILES string of the molecule is [CH+]=CC(=O)Nc1cccnc1. The van der Waals surface area contributed by atoms with E-state index in [4.69, 9.17) is 6.58 Å². The Kier molecular flexibility index (Phi) is 2.31. The predicted octanol–water partition coefficient (Wildman–Crippen LogP) is 1.01. The number of hydrogen-bond donors (Lipinski definition) is 1. The first-order chi connectivity index (χ1) is 5.33. The Morgan fingerprint density at radius 1 is 1.73 bits per heavy atom. The Bertz CT molecular complexity index is 256. The number of carbonyl (C=O) groups excluding carboxylic acids is 1. The van der Waals surface area contributed by atoms with Crippen LogP contribution < -0.4 is 5.32 Å². The molecule has 1 heterocycles. The number of hydrogen-bond acceptors (Lipinski definition) is 2. The summed E-state index contributed by atoms with van der Waals surface area (Å²) in [4.78, 5) is 14.5. The Morgan fingerprint density at radius 3 is 3.09 bits per heavy atom. The van der Waals surface area contributed by atoms with Gasteiger partial charge in [0.15, 0.2) is 0 Å². The maximum Gasteiger partial charge on any atom is 0.399 e. The highest BCUT2D eigenvalue weighted by Crippen LogP contribution is 2.01. The van der Waals surface area contributed by atoms with Gasteiger partial charge in [-0.05, 0) is 12.1 Å². The van der Waals surface area contributed by atoms with Crippen LogP contribution in [0.1, 0.15) is 0 Å². The molecule has 1 aromatic rings. The summed E-state index contributed by atoms with van der Waals surface area (Å²) in [5, 5.41) is 2.51. The molecule has 3 heteroatoms. The van der Waals surface area contributed by atoms with Gasteiger partial charge >= 0.3 is 5.91 Å². The lowest BCUT2D eigenvalue weighted by Crippen LogP contribution is -2.06. The van der Waals surface area contributed by atoms with E-state index in [0.29, 0.717) is 5.69 Å². The number of amides is 1. The second-order valence-corrected chi connectivity index (χ2v) is 1.90. The van der Waals surface area contributed by atoms with Crippen molar-refractivity contribution >= 4 is 11.6 Å². The molecule has 0 fully saturated rings. The summed E-state index contributed by atoms with van der Waals surface area (Å²) in [7, 11) is 0. The Balaban J connectivity index is 2.65. The molecular weight excluding hydrogens is 140 g/mol. The summed E-state index contributed by atoms with van der Waals surface area (Å²) < 4.78 is 0. The van der Waals surface area contributed by atoms with Gasteiger partial charge in [-0.15, -0.1) is 4.79 Å². The van der Waals surface area contributed by atoms with E-state index in [9.17, 15) is 4.79 Å². The van der Waals surface area contributed by atoms with E-state index in [0.717, 1.165) is 6.08 Å². The average Bonchev–Trinajstić information content (AvgIpc) is 2.06. The fourth-order valence-corrected chi connectivity index (χ4v) is 0.621. The van der Waals surface area contributed by atoms with Crippen LogP contribution in [0.4, 0.5) is 5.69 Å². The van der Waals surface area contributed by atoms with E-state index < -0.39 is 0 Å². The molecule has 0 bridgehead atoms. The molecule has 1 rings (SSSR count). The van der Waals surface area contributed by atoms with Crippen molar-refractivity contribution in [2.24, 2.45) is 0 Å². The molecule has 0 aliphatic rings. The molecule has 0 saturated heterocycles. The third-order valence-corrected chi connectivity index (χ3v) is 1.08. The van der Waals surface area contributed by atoms with Gasteiger partial charge in [0.05, 0.1) is 18.5 Å². The molecule has 0 saturated carbocycles. The lowest BCUT2D eigenvalue weighted by atomic mass is 10.4. The first kappa shape index (κ1) is 7.38. The van der Waals surface area contributed by atoms with Crippen LogP contribution in [0.3, 0.4) is 0 Å². The number of carbonyl (C=O) groups is 1. The molecule has 0 spiro atoms. The minimum absolute atomic E-state index is 0.335. The van der Waals surface area contributed by atoms with Crippen molar-refractivity contribution in [3.05, 3.63) is 37.2 Å². The molecule has 0 radical (unpaired) electrons. The molecule has 0 aromatic carbocycles. The quantitative estimate of drug-likeness (QED) is 0.501. The van der Waals surface area contributed by atoms with E-state index in [-0.39, 0.29) is 5.91 Å². The number of anilines is 1. The first-order valence-corrected chi connectivity index (χ1v) is 3.09. The maximum absolute atomic E-state index is 10.7. The van der Waals surface area contributed by atoms with Gasteiger partial charge in [0.2, 0.25) is 6.08 Å². The van der Waals surface area contributed by atoms with Crippen molar-refractivity contribution in [2.45, 2.75) is 0 Å². The monoisotopic (exact) mass is 147 g/mol. The van der Waals surface area contributed by atoms with Crippen LogP contribution in [-0.4, -0.2) is 10.9 Å². The third-order valence-electron chi connectivity index (χ3n) is 1.08. The van der Waals surface area contributed by atoms with E-state index in [1.165, 1.54) is 0 Å². The van der Waals surface area contributed by atoms with Crippen LogP contribution in [-0.2, 0) is 4.79 Å². The van der Waals surface area contributed by atoms with Gasteiger partial charge in [-0.1, -0.05) is 0 Å². The van der Waals surface area contributed by atoms with E-state index in [1.54, 1.807) is 24.5 Å². The molecule has 0 unspecified atom stereocenters. The summed E-state index contributed by atoms with van der Waals surface area (Å²) >= 11 is 0. The molecule has 1 N–H and O–H groups in total. The minimum Gasteiger partial charge on any atom is -0.262 e. The normalized spacial score (nSPS) is 8.64. The van der Waals surface area contributed by atoms with E-state index in [1.807, 2.05) is 0 Å². The molecule has 1 amide bonds. The second kappa shape index (κ2) is 3.44. The summed E-state index contributed by atoms with van der Waals surface area (Å²) in [6.45, 7) is 4.96. The molecule has 1 aromatic heterocycles. The largest absolute Gasteiger partial charge is 0.399 e. The van der Waals surface area contributed by atoms with Crippen LogP contribution >= 0.6 is 0 Å². The lowest BCUT2D eigenvalue weighted by molar-refractivity contribution is -0.111. The summed E-state index contributed by atoms with van der Waals surface area (Å²) in [5.74, 6) is -0.335. The second-order valence-electron chi connectivity index (χ2n) is 1.90. The molecule has 11 heavy (non-hydrogen) atoms. The zero-order valence-electron chi connectivity index (χ0n) is 5.82. The molecule has 3 nitrogen and oxygen atoms in total. The first-order valence-electron chi connectivity index (χ1n) is 3.09. The van der Waals surface area contributed by atoms with Gasteiger partial charge in [0.1, 0.15) is 0 Å². The van der Waals surface area contributed by atoms with Crippen molar-refractivity contribution in [1.82, 2.24) is 4.98 Å². The molecule has 0 aliphatic carbocycles. The molecular formula is C8H7N2O+. The van der Waals surface area contributed by atoms with Crippen LogP contribution in [0.15, 0.2) is 30.6 Å². The smallest absolute Gasteiger partial charge is 0.262 e. The maximum atomic E-state index is 10.7. The average molecular weight is 147 g/mol. The number of pyridine rings is 1. The van der Waals surface area contributed by atoms with Gasteiger partial charge in [-0.25, -0.2) is 5.32 Å². The Labute approximate surface area is 64.8 Å². The molecule has 0 aliphatic heterocycles. The van der Waals surface area contributed by atoms with Crippen molar-refractivity contribution in [3.63, 3.8) is 0 Å². The Morgan fingerprint density at radius 2 is 2.55 bits per heavy atom. The van der Waals surface area contributed by atoms with E-state index >= 15 is 0 Å². The predicted molar refractivity (Wildman–Crippen MR) is 41.7 cm³/mol. The van der Waals surface area contributed by atoms with Crippen LogP contribution in [0, 0.1) is 6.58 Å². The standard InChI is InChI=1S/C8H6N2O/c1-2-8(11)10-7-4-3-5-9-6-7/h1-6H/p+1. The highest BCUT2D eigenvalue weighted by molar-refractivity contribution is 5.98. The summed E-state index contributed by atoms with van der Waals surface area (Å²) in [6, 6.07) is 3.46. The number of nitrogens with zero attached hydrogens (tertiary/aromatic N) is 1. The summed E-state index contributed by atoms with van der Waals surface area (Å²) in [6.07, 6.45) is 4.14. The van der Waals surface area contributed by atoms with Gasteiger partial charge in [0, 0.05) is 6.20 Å². The Hall–Kier alpha value is -1.73. The minimum atomic E-state index is -0.335. The fourth-order valence-electron chi connectivity index (χ4n) is 0.621. The van der Waals surface area contributed by atoms with Gasteiger partial charge in [0.25, 0.3) is 0 Å². The number of aromatic nitrogens is 1. The summed E-state index contributed by atoms with van der Waals surface area (Å²) in [5.41, 5.74) is 0.638. The van der Waals surface area contributed by atoms with Crippen molar-refractivity contribution in [3.8, 4) is 0 Å². The van der Waals surface area contributed by atoms with Gasteiger partial charge < -0.3 is 0 Å². The van der Waals surface area contributed by atoms with Crippen LogP contribution in [0.5, 0.6) is 0 Å². The third kappa shape index (κ3) is 2.16. The van der Waals surface area contributed by atoms with Gasteiger partial charge in [-0.3, -0.25) is 4.98 Å². The highest BCUT2D eigenvalue weighted by Gasteiger charge is 2.03. The van der Waals surface area contributed by atoms with E-state index in [2.05, 4.69) is 10.3 Å². The number of nitrogens with one attached hydrogen (secondary N) is 1. The van der Waals surface area contributed by atoms with Crippen molar-refractivity contribution in [1.29, 1.82) is 0 Å². The zero-order chi connectivity index (χ0) is 8.10. The molecule has 0 atom stereocenters. The highest BCUT2D eigenvalue weighted by atomic mass is 16.1. The van der Waals surface area contributed by atoms with Crippen LogP contribution in [0.2, 0.25) is 0 Å². The van der Waals surface area contributed by atoms with Gasteiger partial charge in [-0.2, -0.15) is 0 Å². The lowest BCUT2D eigenvalue weighted by Gasteiger charge is -1.92. The topological polar surface area (TPSA) is 42.0 Å². The van der Waals surface area contributed by atoms with Crippen molar-refractivity contribution in [2.75, 3.05) is 5.32 Å².